The Morgan fingerprint density at radius 3 is 1.11 bits per heavy atom. The number of unbranched alkanes of at least 4 members (excludes halogenated alkanes) is 16. The number of ether oxygens (including phenoxy) is 3. The first-order valence-corrected chi connectivity index (χ1v) is 22.4. The van der Waals surface area contributed by atoms with Crippen LogP contribution in [0.5, 0.6) is 0 Å². The quantitative estimate of drug-likeness (QED) is 0.0268. The van der Waals surface area contributed by atoms with Crippen LogP contribution in [0.15, 0.2) is 72.9 Å². The lowest BCUT2D eigenvalue weighted by Crippen LogP contribution is -2.30. The molecule has 1 unspecified atom stereocenters. The van der Waals surface area contributed by atoms with Gasteiger partial charge in [0.25, 0.3) is 0 Å². The van der Waals surface area contributed by atoms with Gasteiger partial charge in [-0.2, -0.15) is 0 Å². The number of carbonyl (C=O) groups is 3. The summed E-state index contributed by atoms with van der Waals surface area (Å²) in [7, 11) is 0. The average molecular weight is 767 g/mol. The van der Waals surface area contributed by atoms with Crippen LogP contribution in [0.25, 0.3) is 0 Å². The van der Waals surface area contributed by atoms with Crippen molar-refractivity contribution in [2.24, 2.45) is 0 Å². The molecule has 0 rings (SSSR count). The third-order valence-electron chi connectivity index (χ3n) is 9.21. The highest BCUT2D eigenvalue weighted by molar-refractivity contribution is 5.71. The lowest BCUT2D eigenvalue weighted by Gasteiger charge is -2.18. The van der Waals surface area contributed by atoms with Crippen LogP contribution in [0, 0.1) is 0 Å². The van der Waals surface area contributed by atoms with Crippen molar-refractivity contribution in [1.29, 1.82) is 0 Å². The Morgan fingerprint density at radius 1 is 0.382 bits per heavy atom. The van der Waals surface area contributed by atoms with Crippen molar-refractivity contribution in [3.8, 4) is 0 Å². The molecular weight excluding hydrogens is 685 g/mol. The van der Waals surface area contributed by atoms with E-state index in [9.17, 15) is 14.4 Å². The molecule has 314 valence electrons. The van der Waals surface area contributed by atoms with Gasteiger partial charge in [-0.05, 0) is 83.5 Å². The maximum Gasteiger partial charge on any atom is 0.306 e. The Morgan fingerprint density at radius 2 is 0.709 bits per heavy atom. The van der Waals surface area contributed by atoms with Crippen LogP contribution < -0.4 is 0 Å². The Labute approximate surface area is 338 Å². The average Bonchev–Trinajstić information content (AvgIpc) is 3.18. The number of hydrogen-bond donors (Lipinski definition) is 0. The molecular formula is C49H82O6. The Hall–Kier alpha value is -3.15. The normalized spacial score (nSPS) is 12.7. The van der Waals surface area contributed by atoms with E-state index >= 15 is 0 Å². The number of carbonyl (C=O) groups excluding carboxylic acids is 3. The van der Waals surface area contributed by atoms with Crippen molar-refractivity contribution in [2.45, 2.75) is 207 Å². The van der Waals surface area contributed by atoms with Gasteiger partial charge in [0.2, 0.25) is 0 Å². The molecule has 1 atom stereocenters. The summed E-state index contributed by atoms with van der Waals surface area (Å²) in [5.74, 6) is -0.963. The Balaban J connectivity index is 4.48. The van der Waals surface area contributed by atoms with Crippen LogP contribution in [0.1, 0.15) is 201 Å². The van der Waals surface area contributed by atoms with Crippen molar-refractivity contribution in [3.63, 3.8) is 0 Å². The van der Waals surface area contributed by atoms with E-state index in [0.29, 0.717) is 12.8 Å². The fourth-order valence-corrected chi connectivity index (χ4v) is 5.88. The first-order chi connectivity index (χ1) is 27.0. The molecule has 6 nitrogen and oxygen atoms in total. The van der Waals surface area contributed by atoms with Gasteiger partial charge in [-0.1, -0.05) is 171 Å². The van der Waals surface area contributed by atoms with Crippen LogP contribution in [-0.4, -0.2) is 37.2 Å². The third kappa shape index (κ3) is 41.8. The topological polar surface area (TPSA) is 78.9 Å². The van der Waals surface area contributed by atoms with Gasteiger partial charge in [0, 0.05) is 19.3 Å². The summed E-state index contributed by atoms with van der Waals surface area (Å²) >= 11 is 0. The molecule has 55 heavy (non-hydrogen) atoms. The fourth-order valence-electron chi connectivity index (χ4n) is 5.88. The van der Waals surface area contributed by atoms with Gasteiger partial charge >= 0.3 is 17.9 Å². The molecule has 0 saturated carbocycles. The van der Waals surface area contributed by atoms with Gasteiger partial charge in [-0.25, -0.2) is 0 Å². The largest absolute Gasteiger partial charge is 0.462 e. The highest BCUT2D eigenvalue weighted by Gasteiger charge is 2.19. The van der Waals surface area contributed by atoms with Crippen molar-refractivity contribution in [1.82, 2.24) is 0 Å². The van der Waals surface area contributed by atoms with Crippen LogP contribution >= 0.6 is 0 Å². The zero-order valence-corrected chi connectivity index (χ0v) is 35.7. The smallest absolute Gasteiger partial charge is 0.306 e. The Bertz CT molecular complexity index is 1070. The number of esters is 3. The number of hydrogen-bond acceptors (Lipinski definition) is 6. The number of rotatable bonds is 39. The highest BCUT2D eigenvalue weighted by atomic mass is 16.6. The minimum Gasteiger partial charge on any atom is -0.462 e. The monoisotopic (exact) mass is 767 g/mol. The first-order valence-electron chi connectivity index (χ1n) is 22.4. The second kappa shape index (κ2) is 43.6. The summed E-state index contributed by atoms with van der Waals surface area (Å²) in [6.45, 7) is 6.33. The van der Waals surface area contributed by atoms with E-state index in [0.717, 1.165) is 109 Å². The molecule has 0 aliphatic carbocycles. The molecule has 0 fully saturated rings. The molecule has 0 heterocycles. The van der Waals surface area contributed by atoms with Gasteiger partial charge in [0.1, 0.15) is 13.2 Å². The highest BCUT2D eigenvalue weighted by Crippen LogP contribution is 2.13. The molecule has 0 N–H and O–H groups in total. The van der Waals surface area contributed by atoms with Gasteiger partial charge in [0.05, 0.1) is 0 Å². The van der Waals surface area contributed by atoms with E-state index < -0.39 is 6.10 Å². The molecule has 0 radical (unpaired) electrons. The molecule has 0 aromatic heterocycles. The van der Waals surface area contributed by atoms with E-state index in [1.807, 2.05) is 0 Å². The molecule has 0 amide bonds. The molecule has 0 aromatic carbocycles. The predicted molar refractivity (Wildman–Crippen MR) is 233 cm³/mol. The van der Waals surface area contributed by atoms with E-state index in [2.05, 4.69) is 93.7 Å². The maximum absolute atomic E-state index is 12.7. The third-order valence-corrected chi connectivity index (χ3v) is 9.21. The second-order valence-electron chi connectivity index (χ2n) is 14.5. The van der Waals surface area contributed by atoms with Crippen LogP contribution in [0.3, 0.4) is 0 Å². The van der Waals surface area contributed by atoms with Gasteiger partial charge in [0.15, 0.2) is 6.10 Å². The fraction of sp³-hybridized carbons (Fsp3) is 0.694. The summed E-state index contributed by atoms with van der Waals surface area (Å²) in [6.07, 6.45) is 53.1. The first kappa shape index (κ1) is 51.9. The van der Waals surface area contributed by atoms with Crippen molar-refractivity contribution in [3.05, 3.63) is 72.9 Å². The molecule has 0 bridgehead atoms. The minimum absolute atomic E-state index is 0.0962. The van der Waals surface area contributed by atoms with Gasteiger partial charge in [-0.15, -0.1) is 0 Å². The summed E-state index contributed by atoms with van der Waals surface area (Å²) in [5, 5.41) is 0. The molecule has 6 heteroatoms. The standard InChI is InChI=1S/C49H82O6/c1-4-7-10-13-16-19-22-24-27-30-33-36-39-42-48(51)54-45-46(44-53-47(50)41-38-35-32-29-26-21-18-15-12-9-6-3)55-49(52)43-40-37-34-31-28-25-23-20-17-14-11-8-5-2/h7-8,10-11,16-17,19-20,24-25,27-28,46H,4-6,9,12-15,18,21-23,26,29-45H2,1-3H3/b10-7-,11-8-,19-16-,20-17-,27-24-,28-25-. The van der Waals surface area contributed by atoms with E-state index in [1.165, 1.54) is 51.4 Å². The SMILES string of the molecule is CC/C=C\C/C=C\C/C=C\CCCCCC(=O)OCC(COC(=O)CCCCCCCCCCCCC)OC(=O)CCCCC/C=C\C/C=C\C/C=C\CC. The van der Waals surface area contributed by atoms with Crippen molar-refractivity contribution < 1.29 is 28.6 Å². The minimum atomic E-state index is -0.798. The molecule has 0 aliphatic heterocycles. The molecule has 0 aliphatic rings. The van der Waals surface area contributed by atoms with Crippen LogP contribution in [0.2, 0.25) is 0 Å². The predicted octanol–water partition coefficient (Wildman–Crippen LogP) is 14.3. The van der Waals surface area contributed by atoms with Crippen LogP contribution in [0.4, 0.5) is 0 Å². The lowest BCUT2D eigenvalue weighted by atomic mass is 10.1. The lowest BCUT2D eigenvalue weighted by molar-refractivity contribution is -0.167. The van der Waals surface area contributed by atoms with E-state index in [4.69, 9.17) is 14.2 Å². The van der Waals surface area contributed by atoms with Gasteiger partial charge in [-0.3, -0.25) is 14.4 Å². The summed E-state index contributed by atoms with van der Waals surface area (Å²) in [5.41, 5.74) is 0. The zero-order chi connectivity index (χ0) is 40.1. The Kier molecular flexibility index (Phi) is 41.1. The molecule has 0 saturated heterocycles. The number of allylic oxidation sites excluding steroid dienone is 12. The van der Waals surface area contributed by atoms with Crippen molar-refractivity contribution in [2.75, 3.05) is 13.2 Å². The van der Waals surface area contributed by atoms with E-state index in [-0.39, 0.29) is 37.5 Å². The van der Waals surface area contributed by atoms with E-state index in [1.54, 1.807) is 0 Å². The van der Waals surface area contributed by atoms with Crippen molar-refractivity contribution >= 4 is 17.9 Å². The molecule has 0 aromatic rings. The molecule has 0 spiro atoms. The van der Waals surface area contributed by atoms with Crippen LogP contribution in [-0.2, 0) is 28.6 Å². The summed E-state index contributed by atoms with van der Waals surface area (Å²) < 4.78 is 16.6. The summed E-state index contributed by atoms with van der Waals surface area (Å²) in [6, 6.07) is 0. The maximum atomic E-state index is 12.7. The van der Waals surface area contributed by atoms with Gasteiger partial charge < -0.3 is 14.2 Å². The summed E-state index contributed by atoms with van der Waals surface area (Å²) in [4.78, 5) is 37.7. The zero-order valence-electron chi connectivity index (χ0n) is 35.7. The second-order valence-corrected chi connectivity index (χ2v) is 14.5.